The molecule has 24 heavy (non-hydrogen) atoms. The predicted molar refractivity (Wildman–Crippen MR) is 94.8 cm³/mol. The zero-order valence-electron chi connectivity index (χ0n) is 14.0. The van der Waals surface area contributed by atoms with Gasteiger partial charge in [0.25, 0.3) is 0 Å². The zero-order valence-corrected chi connectivity index (χ0v) is 14.8. The van der Waals surface area contributed by atoms with Crippen molar-refractivity contribution < 1.29 is 9.53 Å². The fourth-order valence-electron chi connectivity index (χ4n) is 2.81. The molecule has 0 radical (unpaired) electrons. The monoisotopic (exact) mass is 346 g/mol. The SMILES string of the molecule is COC(=O)[C@@H](C)Sc1nnc(N2CCCCC2)n1-c1ccccc1. The lowest BCUT2D eigenvalue weighted by atomic mass is 10.1. The molecule has 128 valence electrons. The third-order valence-corrected chi connectivity index (χ3v) is 5.11. The van der Waals surface area contributed by atoms with Crippen LogP contribution in [0.2, 0.25) is 0 Å². The van der Waals surface area contributed by atoms with Crippen LogP contribution in [-0.2, 0) is 9.53 Å². The lowest BCUT2D eigenvalue weighted by Gasteiger charge is -2.27. The summed E-state index contributed by atoms with van der Waals surface area (Å²) in [7, 11) is 1.40. The molecule has 3 rings (SSSR count). The molecule has 0 N–H and O–H groups in total. The summed E-state index contributed by atoms with van der Waals surface area (Å²) in [6.07, 6.45) is 3.60. The first kappa shape index (κ1) is 16.8. The molecule has 0 spiro atoms. The maximum Gasteiger partial charge on any atom is 0.318 e. The van der Waals surface area contributed by atoms with E-state index in [1.165, 1.54) is 38.1 Å². The van der Waals surface area contributed by atoms with Gasteiger partial charge in [-0.25, -0.2) is 0 Å². The van der Waals surface area contributed by atoms with Crippen LogP contribution in [0.1, 0.15) is 26.2 Å². The number of esters is 1. The molecule has 2 aromatic rings. The van der Waals surface area contributed by atoms with Gasteiger partial charge in [-0.05, 0) is 38.3 Å². The zero-order chi connectivity index (χ0) is 16.9. The Hall–Kier alpha value is -2.02. The number of aromatic nitrogens is 3. The number of carbonyl (C=O) groups is 1. The van der Waals surface area contributed by atoms with E-state index < -0.39 is 0 Å². The summed E-state index contributed by atoms with van der Waals surface area (Å²) in [4.78, 5) is 14.0. The van der Waals surface area contributed by atoms with Crippen LogP contribution in [0, 0.1) is 0 Å². The number of rotatable bonds is 5. The van der Waals surface area contributed by atoms with Crippen molar-refractivity contribution in [3.63, 3.8) is 0 Å². The highest BCUT2D eigenvalue weighted by molar-refractivity contribution is 8.00. The second-order valence-corrected chi connectivity index (χ2v) is 7.09. The topological polar surface area (TPSA) is 60.2 Å². The van der Waals surface area contributed by atoms with Gasteiger partial charge in [0, 0.05) is 13.1 Å². The van der Waals surface area contributed by atoms with E-state index in [0.717, 1.165) is 24.7 Å². The number of nitrogens with zero attached hydrogens (tertiary/aromatic N) is 4. The molecule has 0 amide bonds. The lowest BCUT2D eigenvalue weighted by Crippen LogP contribution is -2.31. The Morgan fingerprint density at radius 1 is 1.17 bits per heavy atom. The molecule has 7 heteroatoms. The first-order valence-electron chi connectivity index (χ1n) is 8.21. The van der Waals surface area contributed by atoms with Crippen LogP contribution in [-0.4, -0.2) is 46.2 Å². The summed E-state index contributed by atoms with van der Waals surface area (Å²) in [5.74, 6) is 0.586. The number of para-hydroxylation sites is 1. The molecule has 0 saturated carbocycles. The van der Waals surface area contributed by atoms with Crippen LogP contribution < -0.4 is 4.90 Å². The molecule has 2 heterocycles. The van der Waals surface area contributed by atoms with Crippen molar-refractivity contribution in [1.29, 1.82) is 0 Å². The molecule has 1 atom stereocenters. The highest BCUT2D eigenvalue weighted by Crippen LogP contribution is 2.30. The van der Waals surface area contributed by atoms with Gasteiger partial charge in [-0.1, -0.05) is 30.0 Å². The average Bonchev–Trinajstić information content (AvgIpc) is 3.06. The lowest BCUT2D eigenvalue weighted by molar-refractivity contribution is -0.139. The Balaban J connectivity index is 1.96. The largest absolute Gasteiger partial charge is 0.468 e. The Kier molecular flexibility index (Phi) is 5.40. The Labute approximate surface area is 146 Å². The van der Waals surface area contributed by atoms with Crippen LogP contribution in [0.4, 0.5) is 5.95 Å². The number of ether oxygens (including phenoxy) is 1. The third kappa shape index (κ3) is 3.56. The fourth-order valence-corrected chi connectivity index (χ4v) is 3.70. The highest BCUT2D eigenvalue weighted by atomic mass is 32.2. The molecule has 1 aromatic carbocycles. The van der Waals surface area contributed by atoms with E-state index in [2.05, 4.69) is 15.1 Å². The third-order valence-electron chi connectivity index (χ3n) is 4.08. The highest BCUT2D eigenvalue weighted by Gasteiger charge is 2.24. The van der Waals surface area contributed by atoms with Gasteiger partial charge in [-0.15, -0.1) is 10.2 Å². The van der Waals surface area contributed by atoms with Gasteiger partial charge >= 0.3 is 5.97 Å². The van der Waals surface area contributed by atoms with Gasteiger partial charge in [0.05, 0.1) is 12.8 Å². The quantitative estimate of drug-likeness (QED) is 0.613. The Morgan fingerprint density at radius 2 is 1.88 bits per heavy atom. The molecule has 0 unspecified atom stereocenters. The number of hydrogen-bond acceptors (Lipinski definition) is 6. The van der Waals surface area contributed by atoms with Crippen molar-refractivity contribution in [2.75, 3.05) is 25.1 Å². The number of carbonyl (C=O) groups excluding carboxylic acids is 1. The molecule has 1 aliphatic heterocycles. The molecular weight excluding hydrogens is 324 g/mol. The summed E-state index contributed by atoms with van der Waals surface area (Å²) < 4.78 is 6.86. The molecule has 1 fully saturated rings. The van der Waals surface area contributed by atoms with Crippen molar-refractivity contribution in [2.45, 2.75) is 36.6 Å². The van der Waals surface area contributed by atoms with E-state index in [4.69, 9.17) is 4.74 Å². The van der Waals surface area contributed by atoms with Crippen LogP contribution in [0.15, 0.2) is 35.5 Å². The smallest absolute Gasteiger partial charge is 0.318 e. The average molecular weight is 346 g/mol. The number of thioether (sulfide) groups is 1. The van der Waals surface area contributed by atoms with E-state index in [1.54, 1.807) is 0 Å². The maximum absolute atomic E-state index is 11.8. The minimum absolute atomic E-state index is 0.262. The Bertz CT molecular complexity index is 683. The maximum atomic E-state index is 11.8. The second-order valence-electron chi connectivity index (χ2n) is 5.78. The van der Waals surface area contributed by atoms with Crippen LogP contribution in [0.25, 0.3) is 5.69 Å². The van der Waals surface area contributed by atoms with Gasteiger partial charge in [-0.3, -0.25) is 9.36 Å². The molecule has 6 nitrogen and oxygen atoms in total. The van der Waals surface area contributed by atoms with Crippen LogP contribution >= 0.6 is 11.8 Å². The number of piperidine rings is 1. The van der Waals surface area contributed by atoms with Crippen molar-refractivity contribution in [2.24, 2.45) is 0 Å². The van der Waals surface area contributed by atoms with Crippen molar-refractivity contribution in [3.05, 3.63) is 30.3 Å². The molecule has 1 aliphatic rings. The fraction of sp³-hybridized carbons (Fsp3) is 0.471. The summed E-state index contributed by atoms with van der Waals surface area (Å²) in [5, 5.41) is 9.14. The molecule has 0 aliphatic carbocycles. The van der Waals surface area contributed by atoms with E-state index in [1.807, 2.05) is 41.8 Å². The normalized spacial score (nSPS) is 16.0. The summed E-state index contributed by atoms with van der Waals surface area (Å²) in [5.41, 5.74) is 1.00. The first-order chi connectivity index (χ1) is 11.7. The number of anilines is 1. The van der Waals surface area contributed by atoms with Crippen molar-refractivity contribution in [3.8, 4) is 5.69 Å². The van der Waals surface area contributed by atoms with Gasteiger partial charge < -0.3 is 9.64 Å². The minimum Gasteiger partial charge on any atom is -0.468 e. The minimum atomic E-state index is -0.337. The van der Waals surface area contributed by atoms with E-state index >= 15 is 0 Å². The molecule has 1 aromatic heterocycles. The standard InChI is InChI=1S/C17H22N4O2S/c1-13(15(22)23-2)24-17-19-18-16(20-11-7-4-8-12-20)21(17)14-9-5-3-6-10-14/h3,5-6,9-10,13H,4,7-8,11-12H2,1-2H3/t13-/m1/s1. The van der Waals surface area contributed by atoms with Gasteiger partial charge in [0.1, 0.15) is 5.25 Å². The van der Waals surface area contributed by atoms with E-state index in [0.29, 0.717) is 5.16 Å². The number of methoxy groups -OCH3 is 1. The Morgan fingerprint density at radius 3 is 2.54 bits per heavy atom. The second kappa shape index (κ2) is 7.70. The van der Waals surface area contributed by atoms with E-state index in [-0.39, 0.29) is 11.2 Å². The van der Waals surface area contributed by atoms with Gasteiger partial charge in [-0.2, -0.15) is 0 Å². The van der Waals surface area contributed by atoms with Crippen LogP contribution in [0.3, 0.4) is 0 Å². The molecule has 1 saturated heterocycles. The summed E-state index contributed by atoms with van der Waals surface area (Å²) >= 11 is 1.37. The van der Waals surface area contributed by atoms with Crippen molar-refractivity contribution in [1.82, 2.24) is 14.8 Å². The first-order valence-corrected chi connectivity index (χ1v) is 9.09. The van der Waals surface area contributed by atoms with Crippen LogP contribution in [0.5, 0.6) is 0 Å². The van der Waals surface area contributed by atoms with Gasteiger partial charge in [0.2, 0.25) is 5.95 Å². The predicted octanol–water partition coefficient (Wildman–Crippen LogP) is 2.91. The molecular formula is C17H22N4O2S. The summed E-state index contributed by atoms with van der Waals surface area (Å²) in [6.45, 7) is 3.80. The van der Waals surface area contributed by atoms with Gasteiger partial charge in [0.15, 0.2) is 5.16 Å². The summed E-state index contributed by atoms with van der Waals surface area (Å²) in [6, 6.07) is 10.0. The number of benzene rings is 1. The van der Waals surface area contributed by atoms with E-state index in [9.17, 15) is 4.79 Å². The molecule has 0 bridgehead atoms. The van der Waals surface area contributed by atoms with Crippen molar-refractivity contribution >= 4 is 23.7 Å². The number of hydrogen-bond donors (Lipinski definition) is 0.